The molecule has 0 fully saturated rings. The Hall–Kier alpha value is -2.37. The number of fused-ring (bicyclic) bond motifs is 1. The number of carbonyl (C=O) groups excluding carboxylic acids is 2. The Morgan fingerprint density at radius 1 is 1.39 bits per heavy atom. The Morgan fingerprint density at radius 3 is 2.61 bits per heavy atom. The summed E-state index contributed by atoms with van der Waals surface area (Å²) in [5.74, 6) is -1.29. The monoisotopic (exact) mass is 319 g/mol. The van der Waals surface area contributed by atoms with E-state index in [1.807, 2.05) is 13.8 Å². The Bertz CT molecular complexity index is 680. The van der Waals surface area contributed by atoms with E-state index in [4.69, 9.17) is 4.74 Å². The minimum absolute atomic E-state index is 0.0950. The van der Waals surface area contributed by atoms with Crippen molar-refractivity contribution >= 4 is 17.7 Å². The lowest BCUT2D eigenvalue weighted by Gasteiger charge is -2.31. The molecule has 0 bridgehead atoms. The van der Waals surface area contributed by atoms with Gasteiger partial charge in [0.2, 0.25) is 0 Å². The van der Waals surface area contributed by atoms with Crippen molar-refractivity contribution in [2.45, 2.75) is 51.7 Å². The van der Waals surface area contributed by atoms with E-state index in [1.54, 1.807) is 13.0 Å². The summed E-state index contributed by atoms with van der Waals surface area (Å²) < 4.78 is 5.74. The number of ether oxygens (including phenoxy) is 1. The van der Waals surface area contributed by atoms with E-state index in [-0.39, 0.29) is 24.2 Å². The van der Waals surface area contributed by atoms with E-state index in [9.17, 15) is 19.5 Å². The fourth-order valence-corrected chi connectivity index (χ4v) is 2.41. The molecule has 124 valence electrons. The number of rotatable bonds is 4. The zero-order valence-corrected chi connectivity index (χ0v) is 13.7. The number of Topliss-reactive ketones (excluding diaryl/α,β-unsaturated/α-hetero) is 1. The Balaban J connectivity index is 2.29. The molecule has 1 amide bonds. The van der Waals surface area contributed by atoms with Crippen molar-refractivity contribution in [2.75, 3.05) is 0 Å². The van der Waals surface area contributed by atoms with Crippen LogP contribution in [0.5, 0.6) is 5.75 Å². The third-order valence-corrected chi connectivity index (χ3v) is 4.08. The van der Waals surface area contributed by atoms with Crippen LogP contribution in [0.25, 0.3) is 0 Å². The minimum Gasteiger partial charge on any atom is -0.487 e. The molecule has 1 aliphatic rings. The van der Waals surface area contributed by atoms with E-state index in [0.717, 1.165) is 0 Å². The van der Waals surface area contributed by atoms with Gasteiger partial charge in [0, 0.05) is 5.56 Å². The summed E-state index contributed by atoms with van der Waals surface area (Å²) >= 11 is 0. The highest BCUT2D eigenvalue weighted by Gasteiger charge is 2.35. The molecule has 1 aromatic carbocycles. The van der Waals surface area contributed by atoms with Gasteiger partial charge in [-0.15, -0.1) is 0 Å². The second kappa shape index (κ2) is 5.68. The van der Waals surface area contributed by atoms with Gasteiger partial charge in [0.1, 0.15) is 16.9 Å². The molecule has 1 atom stereocenters. The quantitative estimate of drug-likeness (QED) is 0.889. The number of hydrogen-bond acceptors (Lipinski definition) is 4. The number of benzene rings is 1. The molecule has 1 unspecified atom stereocenters. The van der Waals surface area contributed by atoms with Crippen molar-refractivity contribution in [1.29, 1.82) is 0 Å². The number of carboxylic acid groups (broad SMARTS) is 1. The molecule has 1 aromatic rings. The van der Waals surface area contributed by atoms with E-state index in [0.29, 0.717) is 11.3 Å². The van der Waals surface area contributed by atoms with Gasteiger partial charge in [-0.3, -0.25) is 9.59 Å². The van der Waals surface area contributed by atoms with Crippen molar-refractivity contribution in [3.05, 3.63) is 29.3 Å². The van der Waals surface area contributed by atoms with Gasteiger partial charge in [0.05, 0.1) is 12.0 Å². The van der Waals surface area contributed by atoms with Gasteiger partial charge in [-0.05, 0) is 45.4 Å². The van der Waals surface area contributed by atoms with Gasteiger partial charge in [-0.1, -0.05) is 6.92 Å². The van der Waals surface area contributed by atoms with Crippen LogP contribution in [0, 0.1) is 0 Å². The van der Waals surface area contributed by atoms with E-state index in [2.05, 4.69) is 5.32 Å². The van der Waals surface area contributed by atoms with Crippen LogP contribution in [-0.4, -0.2) is 33.9 Å². The Morgan fingerprint density at radius 2 is 2.04 bits per heavy atom. The molecule has 1 aliphatic heterocycles. The predicted molar refractivity (Wildman–Crippen MR) is 83.9 cm³/mol. The summed E-state index contributed by atoms with van der Waals surface area (Å²) in [7, 11) is 0. The van der Waals surface area contributed by atoms with Gasteiger partial charge in [-0.2, -0.15) is 0 Å². The van der Waals surface area contributed by atoms with Gasteiger partial charge >= 0.3 is 5.97 Å². The van der Waals surface area contributed by atoms with Crippen LogP contribution in [0.15, 0.2) is 18.2 Å². The molecule has 0 saturated carbocycles. The minimum atomic E-state index is -1.35. The van der Waals surface area contributed by atoms with Crippen LogP contribution >= 0.6 is 0 Å². The molecule has 2 rings (SSSR count). The molecule has 23 heavy (non-hydrogen) atoms. The van der Waals surface area contributed by atoms with Gasteiger partial charge in [0.15, 0.2) is 5.78 Å². The second-order valence-corrected chi connectivity index (χ2v) is 6.62. The fraction of sp³-hybridized carbons (Fsp3) is 0.471. The first kappa shape index (κ1) is 17.0. The lowest BCUT2D eigenvalue weighted by Crippen LogP contribution is -2.51. The van der Waals surface area contributed by atoms with Gasteiger partial charge < -0.3 is 15.2 Å². The highest BCUT2D eigenvalue weighted by atomic mass is 16.5. The summed E-state index contributed by atoms with van der Waals surface area (Å²) in [6, 6.07) is 4.56. The average molecular weight is 319 g/mol. The van der Waals surface area contributed by atoms with E-state index >= 15 is 0 Å². The third-order valence-electron chi connectivity index (χ3n) is 4.08. The van der Waals surface area contributed by atoms with Crippen LogP contribution in [-0.2, 0) is 4.79 Å². The highest BCUT2D eigenvalue weighted by Crippen LogP contribution is 2.33. The average Bonchev–Trinajstić information content (AvgIpc) is 2.45. The predicted octanol–water partition coefficient (Wildman–Crippen LogP) is 2.41. The first-order valence-corrected chi connectivity index (χ1v) is 7.50. The normalized spacial score (nSPS) is 18.3. The summed E-state index contributed by atoms with van der Waals surface area (Å²) in [4.78, 5) is 35.8. The van der Waals surface area contributed by atoms with E-state index in [1.165, 1.54) is 19.1 Å². The number of carboxylic acids is 1. The molecule has 0 aromatic heterocycles. The maximum Gasteiger partial charge on any atom is 0.329 e. The van der Waals surface area contributed by atoms with Crippen LogP contribution in [0.4, 0.5) is 0 Å². The first-order chi connectivity index (χ1) is 10.6. The molecular weight excluding hydrogens is 298 g/mol. The number of hydrogen-bond donors (Lipinski definition) is 2. The van der Waals surface area contributed by atoms with Crippen molar-refractivity contribution in [2.24, 2.45) is 0 Å². The smallest absolute Gasteiger partial charge is 0.329 e. The zero-order chi connectivity index (χ0) is 17.4. The van der Waals surface area contributed by atoms with Crippen LogP contribution in [0.2, 0.25) is 0 Å². The molecule has 2 N–H and O–H groups in total. The summed E-state index contributed by atoms with van der Waals surface area (Å²) in [6.07, 6.45) is 0.474. The molecule has 0 aliphatic carbocycles. The lowest BCUT2D eigenvalue weighted by atomic mass is 9.92. The maximum atomic E-state index is 12.3. The van der Waals surface area contributed by atoms with Gasteiger partial charge in [0.25, 0.3) is 5.91 Å². The molecule has 6 heteroatoms. The molecular formula is C17H21NO5. The fourth-order valence-electron chi connectivity index (χ4n) is 2.41. The van der Waals surface area contributed by atoms with Crippen LogP contribution < -0.4 is 10.1 Å². The molecule has 0 spiro atoms. The maximum absolute atomic E-state index is 12.3. The summed E-state index contributed by atoms with van der Waals surface area (Å²) in [5.41, 5.74) is -1.33. The Kier molecular flexibility index (Phi) is 4.20. The number of nitrogens with one attached hydrogen (secondary N) is 1. The van der Waals surface area contributed by atoms with E-state index < -0.39 is 23.0 Å². The van der Waals surface area contributed by atoms with Crippen molar-refractivity contribution in [3.8, 4) is 5.75 Å². The number of amides is 1. The van der Waals surface area contributed by atoms with Crippen molar-refractivity contribution in [1.82, 2.24) is 5.32 Å². The third kappa shape index (κ3) is 3.36. The molecule has 0 radical (unpaired) electrons. The van der Waals surface area contributed by atoms with Crippen molar-refractivity contribution < 1.29 is 24.2 Å². The molecule has 1 heterocycles. The summed E-state index contributed by atoms with van der Waals surface area (Å²) in [5, 5.41) is 11.7. The van der Waals surface area contributed by atoms with Gasteiger partial charge in [-0.25, -0.2) is 4.79 Å². The number of aliphatic carboxylic acids is 1. The number of ketones is 1. The Labute approximate surface area is 134 Å². The summed E-state index contributed by atoms with van der Waals surface area (Å²) in [6.45, 7) is 6.78. The zero-order valence-electron chi connectivity index (χ0n) is 13.7. The first-order valence-electron chi connectivity index (χ1n) is 7.50. The molecule has 0 saturated heterocycles. The number of carbonyl (C=O) groups is 3. The standard InChI is InChI=1S/C17H21NO5/c1-5-17(4,15(21)22)18-14(20)10-6-7-13-11(8-10)12(19)9-16(2,3)23-13/h6-8H,5,9H2,1-4H3,(H,18,20)(H,21,22). The highest BCUT2D eigenvalue weighted by molar-refractivity contribution is 6.04. The van der Waals surface area contributed by atoms with Crippen LogP contribution in [0.1, 0.15) is 61.3 Å². The SMILES string of the molecule is CCC(C)(NC(=O)c1ccc2c(c1)C(=O)CC(C)(C)O2)C(=O)O. The topological polar surface area (TPSA) is 92.7 Å². The van der Waals surface area contributed by atoms with Crippen molar-refractivity contribution in [3.63, 3.8) is 0 Å². The lowest BCUT2D eigenvalue weighted by molar-refractivity contribution is -0.143. The molecule has 6 nitrogen and oxygen atoms in total. The second-order valence-electron chi connectivity index (χ2n) is 6.62. The largest absolute Gasteiger partial charge is 0.487 e. The van der Waals surface area contributed by atoms with Crippen LogP contribution in [0.3, 0.4) is 0 Å².